The molecule has 0 aliphatic carbocycles. The van der Waals surface area contributed by atoms with Crippen LogP contribution in [-0.2, 0) is 30.9 Å². The molecule has 0 aliphatic heterocycles. The number of anilines is 1. The zero-order chi connectivity index (χ0) is 33.4. The van der Waals surface area contributed by atoms with Crippen molar-refractivity contribution in [2.24, 2.45) is 4.40 Å². The molecule has 0 fully saturated rings. The second-order valence-electron chi connectivity index (χ2n) is 12.9. The number of methoxy groups -OCH3 is 1. The summed E-state index contributed by atoms with van der Waals surface area (Å²) in [5.74, 6) is 0.178. The molecule has 0 atom stereocenters. The summed E-state index contributed by atoms with van der Waals surface area (Å²) in [6, 6.07) is 23.5. The summed E-state index contributed by atoms with van der Waals surface area (Å²) in [5, 5.41) is 11.4. The van der Waals surface area contributed by atoms with Crippen LogP contribution in [0.25, 0.3) is 0 Å². The quantitative estimate of drug-likeness (QED) is 0.166. The monoisotopic (exact) mass is 648 g/mol. The minimum Gasteiger partial charge on any atom is -0.507 e. The number of benzene rings is 4. The number of rotatable bonds is 7. The zero-order valence-electron chi connectivity index (χ0n) is 26.9. The van der Waals surface area contributed by atoms with Gasteiger partial charge in [-0.1, -0.05) is 89.6 Å². The Hall–Kier alpha value is -4.15. The number of hydrogen-bond donors (Lipinski definition) is 1. The van der Waals surface area contributed by atoms with Crippen LogP contribution in [-0.4, -0.2) is 34.9 Å². The van der Waals surface area contributed by atoms with Gasteiger partial charge in [-0.25, -0.2) is 12.7 Å². The zero-order valence-corrected chi connectivity index (χ0v) is 28.5. The molecule has 4 aromatic carbocycles. The van der Waals surface area contributed by atoms with Gasteiger partial charge in [0.2, 0.25) is 0 Å². The Morgan fingerprint density at radius 2 is 1.22 bits per heavy atom. The number of aryl methyl sites for hydroxylation is 1. The molecule has 0 saturated carbocycles. The van der Waals surface area contributed by atoms with Crippen molar-refractivity contribution in [3.05, 3.63) is 113 Å². The lowest BCUT2D eigenvalue weighted by Gasteiger charge is -2.32. The predicted octanol–water partition coefficient (Wildman–Crippen LogP) is 7.34. The summed E-state index contributed by atoms with van der Waals surface area (Å²) in [7, 11) is -7.45. The average molecular weight is 649 g/mol. The van der Waals surface area contributed by atoms with Gasteiger partial charge in [0.15, 0.2) is 5.84 Å². The fraction of sp³-hybridized carbons (Fsp3) is 0.286. The average Bonchev–Trinajstić information content (AvgIpc) is 2.97. The normalized spacial score (nSPS) is 13.0. The highest BCUT2D eigenvalue weighted by molar-refractivity contribution is 7.94. The fourth-order valence-corrected chi connectivity index (χ4v) is 7.28. The molecule has 0 bridgehead atoms. The number of amidine groups is 1. The van der Waals surface area contributed by atoms with E-state index in [-0.39, 0.29) is 32.6 Å². The van der Waals surface area contributed by atoms with Gasteiger partial charge in [-0.3, -0.25) is 0 Å². The van der Waals surface area contributed by atoms with Crippen LogP contribution in [0.15, 0.2) is 105 Å². The van der Waals surface area contributed by atoms with E-state index in [4.69, 9.17) is 4.74 Å². The van der Waals surface area contributed by atoms with Crippen LogP contribution in [0.4, 0.5) is 5.69 Å². The lowest BCUT2D eigenvalue weighted by atomic mass is 9.79. The molecule has 0 aromatic heterocycles. The van der Waals surface area contributed by atoms with Crippen LogP contribution in [0.5, 0.6) is 11.5 Å². The second-order valence-corrected chi connectivity index (χ2v) is 16.3. The van der Waals surface area contributed by atoms with E-state index in [1.807, 2.05) is 48.5 Å². The standard InChI is InChI=1S/C35H40N2O6S2/c1-24-14-18-28(19-15-24)44(39,40)36-33(25-12-10-9-11-13-25)37(45(41,42)29-20-16-27(43-8)17-21-29)26-22-30(34(2,3)4)32(38)31(23-26)35(5,6)7/h9-23,38H,1-8H3. The van der Waals surface area contributed by atoms with E-state index < -0.39 is 30.9 Å². The van der Waals surface area contributed by atoms with E-state index in [0.29, 0.717) is 16.9 Å². The Morgan fingerprint density at radius 1 is 0.733 bits per heavy atom. The molecule has 0 aliphatic rings. The van der Waals surface area contributed by atoms with Crippen molar-refractivity contribution in [2.45, 2.75) is 69.1 Å². The summed E-state index contributed by atoms with van der Waals surface area (Å²) in [6.45, 7) is 13.3. The van der Waals surface area contributed by atoms with Gasteiger partial charge < -0.3 is 9.84 Å². The summed E-state index contributed by atoms with van der Waals surface area (Å²) < 4.78 is 67.7. The van der Waals surface area contributed by atoms with Crippen molar-refractivity contribution < 1.29 is 26.7 Å². The molecule has 0 radical (unpaired) electrons. The Labute approximate surface area is 267 Å². The van der Waals surface area contributed by atoms with E-state index in [2.05, 4.69) is 4.40 Å². The first kappa shape index (κ1) is 33.7. The molecule has 0 saturated heterocycles. The predicted molar refractivity (Wildman–Crippen MR) is 180 cm³/mol. The van der Waals surface area contributed by atoms with Crippen molar-refractivity contribution in [3.8, 4) is 11.5 Å². The Kier molecular flexibility index (Phi) is 9.24. The molecule has 10 heteroatoms. The van der Waals surface area contributed by atoms with Crippen LogP contribution in [0, 0.1) is 6.92 Å². The summed E-state index contributed by atoms with van der Waals surface area (Å²) in [4.78, 5) is -0.192. The molecule has 8 nitrogen and oxygen atoms in total. The van der Waals surface area contributed by atoms with Gasteiger partial charge in [0.25, 0.3) is 20.0 Å². The molecule has 0 unspecified atom stereocenters. The highest BCUT2D eigenvalue weighted by Gasteiger charge is 2.36. The summed E-state index contributed by atoms with van der Waals surface area (Å²) >= 11 is 0. The molecule has 4 aromatic rings. The molecule has 1 N–H and O–H groups in total. The highest BCUT2D eigenvalue weighted by Crippen LogP contribution is 2.43. The number of phenols is 1. The number of phenolic OH excluding ortho intramolecular Hbond substituents is 1. The smallest absolute Gasteiger partial charge is 0.284 e. The van der Waals surface area contributed by atoms with Gasteiger partial charge in [-0.15, -0.1) is 4.40 Å². The van der Waals surface area contributed by atoms with Gasteiger partial charge in [0, 0.05) is 16.7 Å². The van der Waals surface area contributed by atoms with Crippen LogP contribution in [0.1, 0.15) is 63.8 Å². The number of ether oxygens (including phenoxy) is 1. The minimum absolute atomic E-state index is 0.0472. The maximum Gasteiger partial charge on any atom is 0.284 e. The van der Waals surface area contributed by atoms with Crippen molar-refractivity contribution in [2.75, 3.05) is 11.4 Å². The van der Waals surface area contributed by atoms with Gasteiger partial charge >= 0.3 is 0 Å². The lowest BCUT2D eigenvalue weighted by Crippen LogP contribution is -2.39. The molecule has 0 spiro atoms. The van der Waals surface area contributed by atoms with Gasteiger partial charge in [-0.05, 0) is 66.3 Å². The van der Waals surface area contributed by atoms with E-state index in [9.17, 15) is 21.9 Å². The van der Waals surface area contributed by atoms with Crippen molar-refractivity contribution in [1.82, 2.24) is 0 Å². The number of aromatic hydroxyl groups is 1. The number of sulfonamides is 2. The SMILES string of the molecule is COc1ccc(S(=O)(=O)N(C(=NS(=O)(=O)c2ccc(C)cc2)c2ccccc2)c2cc(C(C)(C)C)c(O)c(C(C)(C)C)c2)cc1. The first-order valence-corrected chi connectivity index (χ1v) is 17.3. The maximum atomic E-state index is 14.8. The second kappa shape index (κ2) is 12.3. The number of hydrogen-bond acceptors (Lipinski definition) is 6. The third kappa shape index (κ3) is 7.23. The number of nitrogens with zero attached hydrogens (tertiary/aromatic N) is 2. The third-order valence-electron chi connectivity index (χ3n) is 7.29. The first-order valence-electron chi connectivity index (χ1n) is 14.4. The maximum absolute atomic E-state index is 14.8. The molecule has 0 amide bonds. The van der Waals surface area contributed by atoms with Crippen LogP contribution in [0.3, 0.4) is 0 Å². The van der Waals surface area contributed by atoms with Crippen molar-refractivity contribution in [1.29, 1.82) is 0 Å². The summed E-state index contributed by atoms with van der Waals surface area (Å²) in [6.07, 6.45) is 0. The molecule has 45 heavy (non-hydrogen) atoms. The van der Waals surface area contributed by atoms with Crippen LogP contribution in [0.2, 0.25) is 0 Å². The first-order chi connectivity index (χ1) is 20.9. The Bertz CT molecular complexity index is 1890. The van der Waals surface area contributed by atoms with Gasteiger partial charge in [-0.2, -0.15) is 8.42 Å². The van der Waals surface area contributed by atoms with E-state index in [0.717, 1.165) is 9.87 Å². The highest BCUT2D eigenvalue weighted by atomic mass is 32.2. The Morgan fingerprint density at radius 3 is 1.69 bits per heavy atom. The Balaban J connectivity index is 2.17. The molecule has 4 rings (SSSR count). The fourth-order valence-electron chi connectivity index (χ4n) is 4.78. The van der Waals surface area contributed by atoms with E-state index in [1.165, 1.54) is 43.5 Å². The topological polar surface area (TPSA) is 113 Å². The van der Waals surface area contributed by atoms with Crippen molar-refractivity contribution >= 4 is 31.6 Å². The van der Waals surface area contributed by atoms with Crippen molar-refractivity contribution in [3.63, 3.8) is 0 Å². The molecular weight excluding hydrogens is 609 g/mol. The van der Waals surface area contributed by atoms with Crippen LogP contribution < -0.4 is 9.04 Å². The lowest BCUT2D eigenvalue weighted by molar-refractivity contribution is 0.414. The van der Waals surface area contributed by atoms with E-state index in [1.54, 1.807) is 54.6 Å². The molecular formula is C35H40N2O6S2. The van der Waals surface area contributed by atoms with E-state index >= 15 is 0 Å². The van der Waals surface area contributed by atoms with Gasteiger partial charge in [0.1, 0.15) is 11.5 Å². The molecule has 238 valence electrons. The summed E-state index contributed by atoms with van der Waals surface area (Å²) in [5.41, 5.74) is 1.02. The largest absolute Gasteiger partial charge is 0.507 e. The minimum atomic E-state index is -4.52. The third-order valence-corrected chi connectivity index (χ3v) is 10.3. The van der Waals surface area contributed by atoms with Crippen LogP contribution >= 0.6 is 0 Å². The molecule has 0 heterocycles. The van der Waals surface area contributed by atoms with Gasteiger partial charge in [0.05, 0.1) is 22.6 Å².